The summed E-state index contributed by atoms with van der Waals surface area (Å²) in [6.07, 6.45) is 32.9. The van der Waals surface area contributed by atoms with Crippen LogP contribution >= 0.6 is 0 Å². The van der Waals surface area contributed by atoms with E-state index in [2.05, 4.69) is 6.92 Å². The number of carbonyl (C=O) groups is 1. The lowest BCUT2D eigenvalue weighted by Gasteiger charge is -2.08. The van der Waals surface area contributed by atoms with Crippen LogP contribution < -0.4 is 0 Å². The van der Waals surface area contributed by atoms with Gasteiger partial charge in [-0.1, -0.05) is 135 Å². The third-order valence-corrected chi connectivity index (χ3v) is 6.60. The third kappa shape index (κ3) is 18.0. The smallest absolute Gasteiger partial charge is 0.306 e. The average molecular weight is 409 g/mol. The van der Waals surface area contributed by atoms with Crippen LogP contribution in [0.1, 0.15) is 161 Å². The first-order valence-corrected chi connectivity index (χ1v) is 13.5. The molecule has 1 atom stereocenters. The first-order chi connectivity index (χ1) is 14.3. The second-order valence-electron chi connectivity index (χ2n) is 9.51. The van der Waals surface area contributed by atoms with Gasteiger partial charge in [0.1, 0.15) is 6.10 Å². The highest BCUT2D eigenvalue weighted by atomic mass is 16.5. The van der Waals surface area contributed by atoms with Crippen molar-refractivity contribution in [1.29, 1.82) is 0 Å². The van der Waals surface area contributed by atoms with E-state index < -0.39 is 0 Å². The minimum absolute atomic E-state index is 0.0125. The molecule has 0 N–H and O–H groups in total. The second-order valence-corrected chi connectivity index (χ2v) is 9.51. The van der Waals surface area contributed by atoms with Gasteiger partial charge in [0.05, 0.1) is 0 Å². The van der Waals surface area contributed by atoms with Crippen molar-refractivity contribution in [3.8, 4) is 0 Å². The minimum Gasteiger partial charge on any atom is -0.462 e. The van der Waals surface area contributed by atoms with Crippen molar-refractivity contribution in [2.45, 2.75) is 167 Å². The van der Waals surface area contributed by atoms with Gasteiger partial charge in [0.2, 0.25) is 0 Å². The number of ether oxygens (including phenoxy) is 1. The summed E-state index contributed by atoms with van der Waals surface area (Å²) in [7, 11) is 0. The maximum atomic E-state index is 11.0. The number of carbonyl (C=O) groups excluding carboxylic acids is 1. The molecule has 1 rings (SSSR count). The zero-order valence-electron chi connectivity index (χ0n) is 19.9. The van der Waals surface area contributed by atoms with Gasteiger partial charge in [-0.15, -0.1) is 0 Å². The Morgan fingerprint density at radius 3 is 1.24 bits per heavy atom. The largest absolute Gasteiger partial charge is 0.462 e. The van der Waals surface area contributed by atoms with E-state index in [-0.39, 0.29) is 12.1 Å². The van der Waals surface area contributed by atoms with Gasteiger partial charge in [0.25, 0.3) is 0 Å². The van der Waals surface area contributed by atoms with E-state index in [0.717, 1.165) is 12.8 Å². The van der Waals surface area contributed by atoms with Gasteiger partial charge in [-0.05, 0) is 19.3 Å². The van der Waals surface area contributed by atoms with E-state index in [1.165, 1.54) is 135 Å². The Morgan fingerprint density at radius 2 is 0.931 bits per heavy atom. The van der Waals surface area contributed by atoms with Crippen LogP contribution in [0.4, 0.5) is 0 Å². The van der Waals surface area contributed by atoms with E-state index in [1.54, 1.807) is 0 Å². The highest BCUT2D eigenvalue weighted by Crippen LogP contribution is 2.20. The van der Waals surface area contributed by atoms with E-state index in [1.807, 2.05) is 0 Å². The van der Waals surface area contributed by atoms with Crippen molar-refractivity contribution in [3.05, 3.63) is 0 Å². The molecule has 0 aromatic rings. The molecule has 1 saturated heterocycles. The summed E-state index contributed by atoms with van der Waals surface area (Å²) in [4.78, 5) is 11.0. The van der Waals surface area contributed by atoms with E-state index >= 15 is 0 Å². The predicted molar refractivity (Wildman–Crippen MR) is 126 cm³/mol. The standard InChI is InChI=1S/C27H52O2/c1-2-3-4-5-6-7-8-9-10-11-12-13-14-15-16-17-18-19-20-21-22-23-26-24-25-27(28)29-26/h26H,2-25H2,1H3. The summed E-state index contributed by atoms with van der Waals surface area (Å²) >= 11 is 0. The summed E-state index contributed by atoms with van der Waals surface area (Å²) in [5.74, 6) is 0.0125. The van der Waals surface area contributed by atoms with Crippen LogP contribution in [0.25, 0.3) is 0 Å². The van der Waals surface area contributed by atoms with Crippen molar-refractivity contribution in [3.63, 3.8) is 0 Å². The molecule has 2 heteroatoms. The Balaban J connectivity index is 1.64. The van der Waals surface area contributed by atoms with Gasteiger partial charge in [-0.3, -0.25) is 4.79 Å². The number of hydrogen-bond donors (Lipinski definition) is 0. The molecule has 1 heterocycles. The molecule has 0 bridgehead atoms. The monoisotopic (exact) mass is 408 g/mol. The molecule has 0 aliphatic carbocycles. The van der Waals surface area contributed by atoms with Gasteiger partial charge in [0.15, 0.2) is 0 Å². The minimum atomic E-state index is 0.0125. The Hall–Kier alpha value is -0.530. The quantitative estimate of drug-likeness (QED) is 0.132. The molecular formula is C27H52O2. The summed E-state index contributed by atoms with van der Waals surface area (Å²) < 4.78 is 5.27. The van der Waals surface area contributed by atoms with Crippen LogP contribution in [-0.2, 0) is 9.53 Å². The number of unbranched alkanes of at least 4 members (excludes halogenated alkanes) is 20. The van der Waals surface area contributed by atoms with Crippen molar-refractivity contribution in [1.82, 2.24) is 0 Å². The van der Waals surface area contributed by atoms with Crippen LogP contribution in [-0.4, -0.2) is 12.1 Å². The van der Waals surface area contributed by atoms with E-state index in [4.69, 9.17) is 4.74 Å². The Labute approximate surface area is 182 Å². The molecule has 0 spiro atoms. The van der Waals surface area contributed by atoms with Crippen LogP contribution in [0.5, 0.6) is 0 Å². The molecular weight excluding hydrogens is 356 g/mol. The normalized spacial score (nSPS) is 16.4. The number of rotatable bonds is 22. The molecule has 1 fully saturated rings. The molecule has 29 heavy (non-hydrogen) atoms. The Morgan fingerprint density at radius 1 is 0.586 bits per heavy atom. The maximum Gasteiger partial charge on any atom is 0.306 e. The molecule has 2 nitrogen and oxygen atoms in total. The topological polar surface area (TPSA) is 26.3 Å². The molecule has 0 aromatic carbocycles. The van der Waals surface area contributed by atoms with Crippen molar-refractivity contribution >= 4 is 5.97 Å². The van der Waals surface area contributed by atoms with E-state index in [9.17, 15) is 4.79 Å². The predicted octanol–water partition coefficient (Wildman–Crippen LogP) is 9.29. The summed E-state index contributed by atoms with van der Waals surface area (Å²) in [5.41, 5.74) is 0. The summed E-state index contributed by atoms with van der Waals surface area (Å²) in [6.45, 7) is 2.30. The van der Waals surface area contributed by atoms with Crippen molar-refractivity contribution in [2.24, 2.45) is 0 Å². The maximum absolute atomic E-state index is 11.0. The Bertz CT molecular complexity index is 352. The molecule has 1 unspecified atom stereocenters. The van der Waals surface area contributed by atoms with Gasteiger partial charge < -0.3 is 4.74 Å². The molecule has 1 aliphatic rings. The van der Waals surface area contributed by atoms with Crippen molar-refractivity contribution < 1.29 is 9.53 Å². The summed E-state index contributed by atoms with van der Waals surface area (Å²) in [6, 6.07) is 0. The van der Waals surface area contributed by atoms with Crippen LogP contribution in [0.3, 0.4) is 0 Å². The van der Waals surface area contributed by atoms with Crippen molar-refractivity contribution in [2.75, 3.05) is 0 Å². The lowest BCUT2D eigenvalue weighted by atomic mass is 10.0. The number of cyclic esters (lactones) is 1. The van der Waals surface area contributed by atoms with Crippen LogP contribution in [0, 0.1) is 0 Å². The first kappa shape index (κ1) is 26.5. The molecule has 1 aliphatic heterocycles. The van der Waals surface area contributed by atoms with Gasteiger partial charge in [-0.25, -0.2) is 0 Å². The highest BCUT2D eigenvalue weighted by molar-refractivity contribution is 5.71. The zero-order chi connectivity index (χ0) is 20.8. The fourth-order valence-electron chi connectivity index (χ4n) is 4.59. The van der Waals surface area contributed by atoms with Gasteiger partial charge >= 0.3 is 5.97 Å². The van der Waals surface area contributed by atoms with Crippen LogP contribution in [0.2, 0.25) is 0 Å². The molecule has 172 valence electrons. The lowest BCUT2D eigenvalue weighted by molar-refractivity contribution is -0.141. The fourth-order valence-corrected chi connectivity index (χ4v) is 4.59. The summed E-state index contributed by atoms with van der Waals surface area (Å²) in [5, 5.41) is 0. The number of hydrogen-bond acceptors (Lipinski definition) is 2. The second kappa shape index (κ2) is 20.7. The molecule has 0 saturated carbocycles. The Kier molecular flexibility index (Phi) is 18.9. The first-order valence-electron chi connectivity index (χ1n) is 13.5. The van der Waals surface area contributed by atoms with Crippen LogP contribution in [0.15, 0.2) is 0 Å². The SMILES string of the molecule is CCCCCCCCCCCCCCCCCCCCCCCC1CCC(=O)O1. The zero-order valence-corrected chi connectivity index (χ0v) is 19.9. The van der Waals surface area contributed by atoms with Gasteiger partial charge in [0, 0.05) is 6.42 Å². The third-order valence-electron chi connectivity index (χ3n) is 6.60. The molecule has 0 radical (unpaired) electrons. The molecule has 0 aromatic heterocycles. The average Bonchev–Trinajstić information content (AvgIpc) is 3.14. The van der Waals surface area contributed by atoms with E-state index in [0.29, 0.717) is 6.42 Å². The highest BCUT2D eigenvalue weighted by Gasteiger charge is 2.22. The fraction of sp³-hybridized carbons (Fsp3) is 0.963. The number of esters is 1. The molecule has 0 amide bonds. The van der Waals surface area contributed by atoms with Gasteiger partial charge in [-0.2, -0.15) is 0 Å². The lowest BCUT2D eigenvalue weighted by Crippen LogP contribution is -2.06.